The maximum absolute atomic E-state index is 9.00. The zero-order valence-electron chi connectivity index (χ0n) is 11.0. The molecule has 4 nitrogen and oxygen atoms in total. The third-order valence-corrected chi connectivity index (χ3v) is 3.98. The SMILES string of the molecule is CN(CCO)CC1(CNC2CC2)CCOCC1. The molecule has 1 saturated carbocycles. The summed E-state index contributed by atoms with van der Waals surface area (Å²) in [5.41, 5.74) is 0.352. The summed E-state index contributed by atoms with van der Waals surface area (Å²) < 4.78 is 5.49. The van der Waals surface area contributed by atoms with E-state index in [1.807, 2.05) is 0 Å². The largest absolute Gasteiger partial charge is 0.395 e. The highest BCUT2D eigenvalue weighted by Gasteiger charge is 2.35. The van der Waals surface area contributed by atoms with Crippen LogP contribution in [0.5, 0.6) is 0 Å². The van der Waals surface area contributed by atoms with Crippen molar-refractivity contribution in [1.29, 1.82) is 0 Å². The molecule has 2 fully saturated rings. The van der Waals surface area contributed by atoms with Gasteiger partial charge in [0.15, 0.2) is 0 Å². The van der Waals surface area contributed by atoms with Gasteiger partial charge in [0.25, 0.3) is 0 Å². The maximum Gasteiger partial charge on any atom is 0.0558 e. The summed E-state index contributed by atoms with van der Waals surface area (Å²) in [6.07, 6.45) is 4.98. The second kappa shape index (κ2) is 6.14. The molecule has 1 aliphatic carbocycles. The minimum Gasteiger partial charge on any atom is -0.395 e. The molecule has 0 amide bonds. The Kier molecular flexibility index (Phi) is 4.79. The average molecular weight is 242 g/mol. The molecule has 1 saturated heterocycles. The Bertz CT molecular complexity index is 225. The zero-order valence-corrected chi connectivity index (χ0v) is 11.0. The van der Waals surface area contributed by atoms with Crippen LogP contribution in [0.25, 0.3) is 0 Å². The van der Waals surface area contributed by atoms with Crippen molar-refractivity contribution in [3.05, 3.63) is 0 Å². The molecule has 100 valence electrons. The van der Waals surface area contributed by atoms with Gasteiger partial charge in [-0.15, -0.1) is 0 Å². The standard InChI is InChI=1S/C13H26N2O2/c1-15(6-7-16)11-13(4-8-17-9-5-13)10-14-12-2-3-12/h12,14,16H,2-11H2,1H3. The molecule has 0 atom stereocenters. The number of ether oxygens (including phenoxy) is 1. The van der Waals surface area contributed by atoms with E-state index in [0.717, 1.165) is 51.7 Å². The molecule has 0 radical (unpaired) electrons. The van der Waals surface area contributed by atoms with Gasteiger partial charge in [-0.1, -0.05) is 0 Å². The summed E-state index contributed by atoms with van der Waals surface area (Å²) in [6.45, 7) is 4.97. The van der Waals surface area contributed by atoms with Gasteiger partial charge in [-0.05, 0) is 38.1 Å². The van der Waals surface area contributed by atoms with E-state index in [2.05, 4.69) is 17.3 Å². The molecule has 0 unspecified atom stereocenters. The maximum atomic E-state index is 9.00. The van der Waals surface area contributed by atoms with Gasteiger partial charge < -0.3 is 20.1 Å². The Morgan fingerprint density at radius 3 is 2.65 bits per heavy atom. The molecule has 2 N–H and O–H groups in total. The van der Waals surface area contributed by atoms with Crippen LogP contribution in [-0.2, 0) is 4.74 Å². The van der Waals surface area contributed by atoms with Gasteiger partial charge in [0, 0.05) is 38.9 Å². The predicted octanol–water partition coefficient (Wildman–Crippen LogP) is 0.459. The Morgan fingerprint density at radius 1 is 1.35 bits per heavy atom. The Morgan fingerprint density at radius 2 is 2.06 bits per heavy atom. The first kappa shape index (κ1) is 13.3. The van der Waals surface area contributed by atoms with E-state index in [4.69, 9.17) is 9.84 Å². The number of nitrogens with one attached hydrogen (secondary N) is 1. The number of nitrogens with zero attached hydrogens (tertiary/aromatic N) is 1. The zero-order chi connectivity index (χ0) is 12.1. The van der Waals surface area contributed by atoms with Crippen molar-refractivity contribution in [3.8, 4) is 0 Å². The highest BCUT2D eigenvalue weighted by atomic mass is 16.5. The summed E-state index contributed by atoms with van der Waals surface area (Å²) in [5, 5.41) is 12.7. The summed E-state index contributed by atoms with van der Waals surface area (Å²) in [5.74, 6) is 0. The van der Waals surface area contributed by atoms with Crippen LogP contribution in [-0.4, -0.2) is 62.6 Å². The molecule has 0 spiro atoms. The Balaban J connectivity index is 1.84. The van der Waals surface area contributed by atoms with Crippen molar-refractivity contribution in [2.24, 2.45) is 5.41 Å². The number of aliphatic hydroxyl groups excluding tert-OH is 1. The molecule has 2 rings (SSSR count). The van der Waals surface area contributed by atoms with Crippen LogP contribution < -0.4 is 5.32 Å². The molecule has 1 heterocycles. The van der Waals surface area contributed by atoms with E-state index in [0.29, 0.717) is 5.41 Å². The lowest BCUT2D eigenvalue weighted by atomic mass is 9.79. The van der Waals surface area contributed by atoms with Gasteiger partial charge in [0.1, 0.15) is 0 Å². The van der Waals surface area contributed by atoms with Crippen molar-refractivity contribution >= 4 is 0 Å². The van der Waals surface area contributed by atoms with Gasteiger partial charge >= 0.3 is 0 Å². The highest BCUT2D eigenvalue weighted by molar-refractivity contribution is 4.90. The van der Waals surface area contributed by atoms with Crippen LogP contribution in [0.15, 0.2) is 0 Å². The Hall–Kier alpha value is -0.160. The van der Waals surface area contributed by atoms with E-state index in [1.54, 1.807) is 0 Å². The minimum atomic E-state index is 0.249. The molecule has 4 heteroatoms. The second-order valence-electron chi connectivity index (χ2n) is 5.73. The van der Waals surface area contributed by atoms with E-state index in [1.165, 1.54) is 12.8 Å². The van der Waals surface area contributed by atoms with E-state index >= 15 is 0 Å². The third kappa shape index (κ3) is 4.21. The van der Waals surface area contributed by atoms with Gasteiger partial charge in [-0.25, -0.2) is 0 Å². The van der Waals surface area contributed by atoms with Crippen LogP contribution in [0.1, 0.15) is 25.7 Å². The van der Waals surface area contributed by atoms with E-state index in [9.17, 15) is 0 Å². The molecule has 0 bridgehead atoms. The second-order valence-corrected chi connectivity index (χ2v) is 5.73. The first-order valence-electron chi connectivity index (χ1n) is 6.85. The van der Waals surface area contributed by atoms with Crippen LogP contribution in [0, 0.1) is 5.41 Å². The quantitative estimate of drug-likeness (QED) is 0.681. The predicted molar refractivity (Wildman–Crippen MR) is 68.1 cm³/mol. The van der Waals surface area contributed by atoms with Crippen molar-refractivity contribution in [2.45, 2.75) is 31.7 Å². The Labute approximate surface area is 104 Å². The third-order valence-electron chi connectivity index (χ3n) is 3.98. The number of likely N-dealkylation sites (N-methyl/N-ethyl adjacent to an activating group) is 1. The molecular weight excluding hydrogens is 216 g/mol. The minimum absolute atomic E-state index is 0.249. The van der Waals surface area contributed by atoms with Crippen LogP contribution in [0.2, 0.25) is 0 Å². The number of aliphatic hydroxyl groups is 1. The summed E-state index contributed by atoms with van der Waals surface area (Å²) >= 11 is 0. The highest BCUT2D eigenvalue weighted by Crippen LogP contribution is 2.32. The first-order chi connectivity index (χ1) is 8.24. The molecule has 0 aromatic carbocycles. The molecule has 0 aromatic heterocycles. The molecular formula is C13H26N2O2. The summed E-state index contributed by atoms with van der Waals surface area (Å²) in [6, 6.07) is 0.776. The van der Waals surface area contributed by atoms with Gasteiger partial charge in [0.2, 0.25) is 0 Å². The lowest BCUT2D eigenvalue weighted by Crippen LogP contribution is -2.47. The van der Waals surface area contributed by atoms with Crippen LogP contribution in [0.3, 0.4) is 0 Å². The smallest absolute Gasteiger partial charge is 0.0558 e. The first-order valence-corrected chi connectivity index (χ1v) is 6.85. The fraction of sp³-hybridized carbons (Fsp3) is 1.00. The number of hydrogen-bond donors (Lipinski definition) is 2. The van der Waals surface area contributed by atoms with Crippen LogP contribution >= 0.6 is 0 Å². The van der Waals surface area contributed by atoms with E-state index < -0.39 is 0 Å². The van der Waals surface area contributed by atoms with Gasteiger partial charge in [-0.3, -0.25) is 0 Å². The van der Waals surface area contributed by atoms with Crippen molar-refractivity contribution in [1.82, 2.24) is 10.2 Å². The van der Waals surface area contributed by atoms with Crippen molar-refractivity contribution < 1.29 is 9.84 Å². The molecule has 1 aliphatic heterocycles. The lowest BCUT2D eigenvalue weighted by Gasteiger charge is -2.40. The van der Waals surface area contributed by atoms with Gasteiger partial charge in [0.05, 0.1) is 6.61 Å². The normalized spacial score (nSPS) is 24.2. The molecule has 17 heavy (non-hydrogen) atoms. The fourth-order valence-corrected chi connectivity index (χ4v) is 2.67. The number of hydrogen-bond acceptors (Lipinski definition) is 4. The van der Waals surface area contributed by atoms with E-state index in [-0.39, 0.29) is 6.61 Å². The van der Waals surface area contributed by atoms with Crippen molar-refractivity contribution in [3.63, 3.8) is 0 Å². The topological polar surface area (TPSA) is 44.7 Å². The summed E-state index contributed by atoms with van der Waals surface area (Å²) in [4.78, 5) is 2.25. The van der Waals surface area contributed by atoms with Crippen molar-refractivity contribution in [2.75, 3.05) is 46.5 Å². The molecule has 0 aromatic rings. The summed E-state index contributed by atoms with van der Waals surface area (Å²) in [7, 11) is 2.10. The lowest BCUT2D eigenvalue weighted by molar-refractivity contribution is -0.00242. The fourth-order valence-electron chi connectivity index (χ4n) is 2.67. The molecule has 2 aliphatic rings. The number of rotatable bonds is 7. The monoisotopic (exact) mass is 242 g/mol. The van der Waals surface area contributed by atoms with Crippen LogP contribution in [0.4, 0.5) is 0 Å². The average Bonchev–Trinajstić information content (AvgIpc) is 3.12. The van der Waals surface area contributed by atoms with Gasteiger partial charge in [-0.2, -0.15) is 0 Å².